The molecule has 82 valence electrons. The van der Waals surface area contributed by atoms with Crippen molar-refractivity contribution in [3.8, 4) is 0 Å². The number of aromatic nitrogens is 2. The molecule has 3 N–H and O–H groups in total. The summed E-state index contributed by atoms with van der Waals surface area (Å²) in [7, 11) is 0. The zero-order valence-corrected chi connectivity index (χ0v) is 9.22. The molecule has 16 heavy (non-hydrogen) atoms. The maximum atomic E-state index is 5.93. The van der Waals surface area contributed by atoms with Crippen molar-refractivity contribution < 1.29 is 0 Å². The van der Waals surface area contributed by atoms with Crippen molar-refractivity contribution in [1.29, 1.82) is 0 Å². The molecule has 5 heteroatoms. The van der Waals surface area contributed by atoms with Crippen LogP contribution in [0.25, 0.3) is 0 Å². The van der Waals surface area contributed by atoms with Gasteiger partial charge in [0.15, 0.2) is 0 Å². The van der Waals surface area contributed by atoms with Crippen molar-refractivity contribution in [3.05, 3.63) is 59.1 Å². The Bertz CT molecular complexity index is 461. The minimum atomic E-state index is -0.153. The van der Waals surface area contributed by atoms with Crippen LogP contribution in [0.4, 0.5) is 0 Å². The molecule has 1 unspecified atom stereocenters. The Balaban J connectivity index is 2.37. The summed E-state index contributed by atoms with van der Waals surface area (Å²) in [4.78, 5) is 7.92. The third-order valence-corrected chi connectivity index (χ3v) is 2.50. The Labute approximate surface area is 98.5 Å². The minimum absolute atomic E-state index is 0.153. The number of hydrogen-bond acceptors (Lipinski definition) is 4. The summed E-state index contributed by atoms with van der Waals surface area (Å²) < 4.78 is 0. The van der Waals surface area contributed by atoms with Crippen LogP contribution in [0.1, 0.15) is 17.2 Å². The second kappa shape index (κ2) is 5.03. The van der Waals surface area contributed by atoms with Crippen molar-refractivity contribution in [2.45, 2.75) is 6.04 Å². The summed E-state index contributed by atoms with van der Waals surface area (Å²) in [5.41, 5.74) is 4.60. The lowest BCUT2D eigenvalue weighted by atomic mass is 10.0. The monoisotopic (exact) mass is 234 g/mol. The van der Waals surface area contributed by atoms with Crippen molar-refractivity contribution >= 4 is 11.6 Å². The fourth-order valence-corrected chi connectivity index (χ4v) is 1.73. The highest BCUT2D eigenvalue weighted by Crippen LogP contribution is 2.22. The zero-order chi connectivity index (χ0) is 11.4. The van der Waals surface area contributed by atoms with E-state index in [0.29, 0.717) is 5.02 Å². The second-order valence-electron chi connectivity index (χ2n) is 3.33. The van der Waals surface area contributed by atoms with E-state index in [4.69, 9.17) is 17.4 Å². The van der Waals surface area contributed by atoms with Gasteiger partial charge >= 0.3 is 0 Å². The first-order valence-corrected chi connectivity index (χ1v) is 5.15. The molecule has 1 aromatic carbocycles. The molecule has 0 aliphatic rings. The van der Waals surface area contributed by atoms with Gasteiger partial charge in [0.05, 0.1) is 6.04 Å². The normalized spacial score (nSPS) is 12.4. The summed E-state index contributed by atoms with van der Waals surface area (Å²) in [6.07, 6.45) is 4.92. The molecular weight excluding hydrogens is 224 g/mol. The van der Waals surface area contributed by atoms with Gasteiger partial charge in [-0.05, 0) is 17.7 Å². The average molecular weight is 235 g/mol. The smallest absolute Gasteiger partial charge is 0.115 e. The lowest BCUT2D eigenvalue weighted by Gasteiger charge is -2.15. The average Bonchev–Trinajstić information content (AvgIpc) is 2.31. The largest absolute Gasteiger partial charge is 0.271 e. The lowest BCUT2D eigenvalue weighted by Crippen LogP contribution is -2.29. The van der Waals surface area contributed by atoms with E-state index in [2.05, 4.69) is 15.4 Å². The van der Waals surface area contributed by atoms with E-state index in [9.17, 15) is 0 Å². The number of nitrogens with zero attached hydrogens (tertiary/aromatic N) is 2. The standard InChI is InChI=1S/C11H11ClN4/c12-10-3-1-2-8(4-10)11(16-13)9-5-14-7-15-6-9/h1-7,11,16H,13H2. The summed E-state index contributed by atoms with van der Waals surface area (Å²) in [5, 5.41) is 0.676. The van der Waals surface area contributed by atoms with E-state index in [1.54, 1.807) is 12.4 Å². The topological polar surface area (TPSA) is 63.8 Å². The first-order valence-electron chi connectivity index (χ1n) is 4.78. The molecule has 0 aliphatic heterocycles. The van der Waals surface area contributed by atoms with Crippen molar-refractivity contribution in [2.75, 3.05) is 0 Å². The van der Waals surface area contributed by atoms with E-state index in [1.807, 2.05) is 24.3 Å². The Kier molecular flexibility index (Phi) is 3.46. The number of nitrogens with two attached hydrogens (primary N) is 1. The van der Waals surface area contributed by atoms with E-state index in [-0.39, 0.29) is 6.04 Å². The van der Waals surface area contributed by atoms with Crippen LogP contribution in [0.5, 0.6) is 0 Å². The third-order valence-electron chi connectivity index (χ3n) is 2.26. The van der Waals surface area contributed by atoms with E-state index >= 15 is 0 Å². The highest BCUT2D eigenvalue weighted by Gasteiger charge is 2.12. The van der Waals surface area contributed by atoms with Crippen LogP contribution in [0, 0.1) is 0 Å². The first-order chi connectivity index (χ1) is 7.81. The van der Waals surface area contributed by atoms with Crippen LogP contribution < -0.4 is 11.3 Å². The number of nitrogens with one attached hydrogen (secondary N) is 1. The molecule has 1 aromatic heterocycles. The fraction of sp³-hybridized carbons (Fsp3) is 0.0909. The first kappa shape index (κ1) is 11.0. The molecule has 2 rings (SSSR count). The second-order valence-corrected chi connectivity index (χ2v) is 3.76. The maximum Gasteiger partial charge on any atom is 0.115 e. The Hall–Kier alpha value is -1.49. The molecule has 0 fully saturated rings. The van der Waals surface area contributed by atoms with Crippen molar-refractivity contribution in [3.63, 3.8) is 0 Å². The molecule has 0 bridgehead atoms. The third kappa shape index (κ3) is 2.36. The Morgan fingerprint density at radius 1 is 1.19 bits per heavy atom. The van der Waals surface area contributed by atoms with Crippen LogP contribution in [0.2, 0.25) is 5.02 Å². The number of benzene rings is 1. The summed E-state index contributed by atoms with van der Waals surface area (Å²) in [6, 6.07) is 7.36. The quantitative estimate of drug-likeness (QED) is 0.627. The Morgan fingerprint density at radius 3 is 2.56 bits per heavy atom. The van der Waals surface area contributed by atoms with Crippen LogP contribution in [-0.4, -0.2) is 9.97 Å². The zero-order valence-electron chi connectivity index (χ0n) is 8.47. The molecule has 1 heterocycles. The van der Waals surface area contributed by atoms with Gasteiger partial charge in [-0.1, -0.05) is 23.7 Å². The van der Waals surface area contributed by atoms with E-state index in [1.165, 1.54) is 6.33 Å². The molecular formula is C11H11ClN4. The van der Waals surface area contributed by atoms with E-state index in [0.717, 1.165) is 11.1 Å². The molecule has 0 amide bonds. The van der Waals surface area contributed by atoms with Gasteiger partial charge in [0.2, 0.25) is 0 Å². The Morgan fingerprint density at radius 2 is 1.94 bits per heavy atom. The number of rotatable bonds is 3. The van der Waals surface area contributed by atoms with Gasteiger partial charge in [0.1, 0.15) is 6.33 Å². The fourth-order valence-electron chi connectivity index (χ4n) is 1.53. The van der Waals surface area contributed by atoms with Gasteiger partial charge in [0, 0.05) is 23.0 Å². The maximum absolute atomic E-state index is 5.93. The van der Waals surface area contributed by atoms with E-state index < -0.39 is 0 Å². The summed E-state index contributed by atoms with van der Waals surface area (Å²) in [5.74, 6) is 5.54. The lowest BCUT2D eigenvalue weighted by molar-refractivity contribution is 0.632. The molecule has 1 atom stereocenters. The van der Waals surface area contributed by atoms with Crippen molar-refractivity contribution in [1.82, 2.24) is 15.4 Å². The predicted octanol–water partition coefficient (Wildman–Crippen LogP) is 1.68. The van der Waals surface area contributed by atoms with Gasteiger partial charge in [-0.3, -0.25) is 5.84 Å². The number of hydrazine groups is 1. The van der Waals surface area contributed by atoms with Gasteiger partial charge in [-0.15, -0.1) is 0 Å². The van der Waals surface area contributed by atoms with Gasteiger partial charge in [-0.2, -0.15) is 0 Å². The molecule has 0 spiro atoms. The van der Waals surface area contributed by atoms with Gasteiger partial charge < -0.3 is 0 Å². The summed E-state index contributed by atoms with van der Waals surface area (Å²) >= 11 is 5.93. The molecule has 0 saturated carbocycles. The highest BCUT2D eigenvalue weighted by atomic mass is 35.5. The molecule has 4 nitrogen and oxygen atoms in total. The van der Waals surface area contributed by atoms with Crippen molar-refractivity contribution in [2.24, 2.45) is 5.84 Å². The van der Waals surface area contributed by atoms with Gasteiger partial charge in [-0.25, -0.2) is 15.4 Å². The van der Waals surface area contributed by atoms with Crippen LogP contribution in [-0.2, 0) is 0 Å². The predicted molar refractivity (Wildman–Crippen MR) is 62.7 cm³/mol. The number of halogens is 1. The molecule has 0 radical (unpaired) electrons. The highest BCUT2D eigenvalue weighted by molar-refractivity contribution is 6.30. The molecule has 0 aliphatic carbocycles. The van der Waals surface area contributed by atoms with Crippen LogP contribution in [0.15, 0.2) is 43.0 Å². The summed E-state index contributed by atoms with van der Waals surface area (Å²) in [6.45, 7) is 0. The number of hydrogen-bond donors (Lipinski definition) is 2. The van der Waals surface area contributed by atoms with Gasteiger partial charge in [0.25, 0.3) is 0 Å². The molecule has 2 aromatic rings. The minimum Gasteiger partial charge on any atom is -0.271 e. The van der Waals surface area contributed by atoms with Crippen LogP contribution in [0.3, 0.4) is 0 Å². The SMILES string of the molecule is NNC(c1cncnc1)c1cccc(Cl)c1. The molecule has 0 saturated heterocycles. The van der Waals surface area contributed by atoms with Crippen LogP contribution >= 0.6 is 11.6 Å².